The Bertz CT molecular complexity index is 445. The predicted octanol–water partition coefficient (Wildman–Crippen LogP) is 0.514. The summed E-state index contributed by atoms with van der Waals surface area (Å²) < 4.78 is 4.97. The van der Waals surface area contributed by atoms with Gasteiger partial charge in [0.1, 0.15) is 0 Å². The Morgan fingerprint density at radius 2 is 2.35 bits per heavy atom. The van der Waals surface area contributed by atoms with Gasteiger partial charge in [0, 0.05) is 19.0 Å². The standard InChI is InChI=1S/C14H21N3O3/c1-10-9-15-6-4-11(10)17-13(18)5-7-16-14(19)12-3-2-8-20-12/h2-3,8,10-11,15H,4-7,9H2,1H3,(H,16,19)(H,17,18). The molecule has 6 heteroatoms. The predicted molar refractivity (Wildman–Crippen MR) is 74.2 cm³/mol. The van der Waals surface area contributed by atoms with Gasteiger partial charge >= 0.3 is 0 Å². The number of carbonyl (C=O) groups excluding carboxylic acids is 2. The first-order valence-corrected chi connectivity index (χ1v) is 6.98. The Balaban J connectivity index is 1.66. The van der Waals surface area contributed by atoms with Gasteiger partial charge < -0.3 is 20.4 Å². The van der Waals surface area contributed by atoms with Crippen molar-refractivity contribution in [3.8, 4) is 0 Å². The Hall–Kier alpha value is -1.82. The van der Waals surface area contributed by atoms with Crippen LogP contribution in [-0.4, -0.2) is 37.5 Å². The largest absolute Gasteiger partial charge is 0.459 e. The van der Waals surface area contributed by atoms with Crippen LogP contribution >= 0.6 is 0 Å². The fraction of sp³-hybridized carbons (Fsp3) is 0.571. The first-order chi connectivity index (χ1) is 9.66. The number of piperidine rings is 1. The van der Waals surface area contributed by atoms with Crippen molar-refractivity contribution in [3.05, 3.63) is 24.2 Å². The first kappa shape index (κ1) is 14.6. The van der Waals surface area contributed by atoms with Crippen LogP contribution < -0.4 is 16.0 Å². The van der Waals surface area contributed by atoms with E-state index in [9.17, 15) is 9.59 Å². The highest BCUT2D eigenvalue weighted by molar-refractivity contribution is 5.91. The molecule has 20 heavy (non-hydrogen) atoms. The van der Waals surface area contributed by atoms with E-state index in [-0.39, 0.29) is 30.0 Å². The van der Waals surface area contributed by atoms with E-state index in [0.717, 1.165) is 19.5 Å². The maximum atomic E-state index is 11.8. The van der Waals surface area contributed by atoms with Gasteiger partial charge in [0.05, 0.1) is 6.26 Å². The Morgan fingerprint density at radius 1 is 1.50 bits per heavy atom. The van der Waals surface area contributed by atoms with Crippen LogP contribution in [0.3, 0.4) is 0 Å². The highest BCUT2D eigenvalue weighted by atomic mass is 16.3. The molecule has 0 aliphatic carbocycles. The summed E-state index contributed by atoms with van der Waals surface area (Å²) in [6, 6.07) is 3.47. The molecule has 0 spiro atoms. The quantitative estimate of drug-likeness (QED) is 0.733. The summed E-state index contributed by atoms with van der Waals surface area (Å²) in [7, 11) is 0. The number of furan rings is 1. The third-order valence-electron chi connectivity index (χ3n) is 3.51. The lowest BCUT2D eigenvalue weighted by Gasteiger charge is -2.30. The number of hydrogen-bond acceptors (Lipinski definition) is 4. The van der Waals surface area contributed by atoms with E-state index in [1.807, 2.05) is 0 Å². The number of carbonyl (C=O) groups is 2. The maximum absolute atomic E-state index is 11.8. The fourth-order valence-corrected chi connectivity index (χ4v) is 2.29. The van der Waals surface area contributed by atoms with Crippen molar-refractivity contribution in [2.45, 2.75) is 25.8 Å². The monoisotopic (exact) mass is 279 g/mol. The van der Waals surface area contributed by atoms with Crippen molar-refractivity contribution in [1.82, 2.24) is 16.0 Å². The van der Waals surface area contributed by atoms with Crippen molar-refractivity contribution in [2.24, 2.45) is 5.92 Å². The summed E-state index contributed by atoms with van der Waals surface area (Å²) in [6.07, 6.45) is 2.68. The van der Waals surface area contributed by atoms with Crippen molar-refractivity contribution >= 4 is 11.8 Å². The molecule has 6 nitrogen and oxygen atoms in total. The minimum Gasteiger partial charge on any atom is -0.459 e. The molecule has 2 heterocycles. The smallest absolute Gasteiger partial charge is 0.286 e. The molecule has 1 aliphatic heterocycles. The van der Waals surface area contributed by atoms with Crippen LogP contribution in [0.2, 0.25) is 0 Å². The molecule has 1 aromatic heterocycles. The number of amides is 2. The first-order valence-electron chi connectivity index (χ1n) is 6.98. The minimum atomic E-state index is -0.293. The summed E-state index contributed by atoms with van der Waals surface area (Å²) in [5.41, 5.74) is 0. The minimum absolute atomic E-state index is 0.0245. The Morgan fingerprint density at radius 3 is 3.05 bits per heavy atom. The van der Waals surface area contributed by atoms with Crippen LogP contribution in [0.15, 0.2) is 22.8 Å². The lowest BCUT2D eigenvalue weighted by molar-refractivity contribution is -0.122. The molecular formula is C14H21N3O3. The second-order valence-corrected chi connectivity index (χ2v) is 5.13. The van der Waals surface area contributed by atoms with Gasteiger partial charge in [0.25, 0.3) is 5.91 Å². The lowest BCUT2D eigenvalue weighted by atomic mass is 9.95. The fourth-order valence-electron chi connectivity index (χ4n) is 2.29. The molecule has 1 aliphatic rings. The van der Waals surface area contributed by atoms with Crippen molar-refractivity contribution < 1.29 is 14.0 Å². The Labute approximate surface area is 118 Å². The van der Waals surface area contributed by atoms with Gasteiger partial charge in [0.2, 0.25) is 5.91 Å². The van der Waals surface area contributed by atoms with E-state index >= 15 is 0 Å². The molecule has 0 saturated carbocycles. The van der Waals surface area contributed by atoms with E-state index in [2.05, 4.69) is 22.9 Å². The molecule has 2 unspecified atom stereocenters. The summed E-state index contributed by atoms with van der Waals surface area (Å²) in [5.74, 6) is 0.379. The second kappa shape index (κ2) is 7.09. The summed E-state index contributed by atoms with van der Waals surface area (Å²) in [6.45, 7) is 4.30. The molecule has 1 fully saturated rings. The molecule has 3 N–H and O–H groups in total. The van der Waals surface area contributed by atoms with E-state index in [1.54, 1.807) is 12.1 Å². The van der Waals surface area contributed by atoms with Crippen LogP contribution in [0, 0.1) is 5.92 Å². The molecule has 0 radical (unpaired) electrons. The van der Waals surface area contributed by atoms with E-state index in [0.29, 0.717) is 12.5 Å². The third-order valence-corrected chi connectivity index (χ3v) is 3.51. The summed E-state index contributed by atoms with van der Waals surface area (Å²) in [5, 5.41) is 8.97. The molecule has 2 amide bonds. The zero-order valence-electron chi connectivity index (χ0n) is 11.6. The van der Waals surface area contributed by atoms with E-state index in [1.165, 1.54) is 6.26 Å². The third kappa shape index (κ3) is 4.09. The van der Waals surface area contributed by atoms with Crippen LogP contribution in [0.4, 0.5) is 0 Å². The molecule has 0 bridgehead atoms. The maximum Gasteiger partial charge on any atom is 0.286 e. The van der Waals surface area contributed by atoms with Gasteiger partial charge in [-0.15, -0.1) is 0 Å². The number of hydrogen-bond donors (Lipinski definition) is 3. The zero-order chi connectivity index (χ0) is 14.4. The van der Waals surface area contributed by atoms with Crippen molar-refractivity contribution in [3.63, 3.8) is 0 Å². The normalized spacial score (nSPS) is 22.2. The van der Waals surface area contributed by atoms with E-state index in [4.69, 9.17) is 4.42 Å². The van der Waals surface area contributed by atoms with Crippen LogP contribution in [0.25, 0.3) is 0 Å². The average Bonchev–Trinajstić information content (AvgIpc) is 2.95. The number of nitrogens with one attached hydrogen (secondary N) is 3. The second-order valence-electron chi connectivity index (χ2n) is 5.13. The highest BCUT2D eigenvalue weighted by Gasteiger charge is 2.22. The molecule has 1 aromatic rings. The number of rotatable bonds is 5. The summed E-state index contributed by atoms with van der Waals surface area (Å²) in [4.78, 5) is 23.4. The molecular weight excluding hydrogens is 258 g/mol. The summed E-state index contributed by atoms with van der Waals surface area (Å²) >= 11 is 0. The van der Waals surface area contributed by atoms with Gasteiger partial charge in [0.15, 0.2) is 5.76 Å². The average molecular weight is 279 g/mol. The van der Waals surface area contributed by atoms with Gasteiger partial charge in [-0.3, -0.25) is 9.59 Å². The van der Waals surface area contributed by atoms with Gasteiger partial charge in [-0.1, -0.05) is 6.92 Å². The SMILES string of the molecule is CC1CNCCC1NC(=O)CCNC(=O)c1ccco1. The Kier molecular flexibility index (Phi) is 5.17. The lowest BCUT2D eigenvalue weighted by Crippen LogP contribution is -2.48. The molecule has 2 rings (SSSR count). The van der Waals surface area contributed by atoms with Crippen LogP contribution in [0.1, 0.15) is 30.3 Å². The van der Waals surface area contributed by atoms with Crippen molar-refractivity contribution in [1.29, 1.82) is 0 Å². The van der Waals surface area contributed by atoms with Gasteiger partial charge in [-0.25, -0.2) is 0 Å². The molecule has 110 valence electrons. The van der Waals surface area contributed by atoms with Crippen LogP contribution in [-0.2, 0) is 4.79 Å². The molecule has 1 saturated heterocycles. The molecule has 0 aromatic carbocycles. The zero-order valence-corrected chi connectivity index (χ0v) is 11.6. The van der Waals surface area contributed by atoms with Gasteiger partial charge in [-0.2, -0.15) is 0 Å². The van der Waals surface area contributed by atoms with Crippen molar-refractivity contribution in [2.75, 3.05) is 19.6 Å². The van der Waals surface area contributed by atoms with E-state index < -0.39 is 0 Å². The molecule has 2 atom stereocenters. The highest BCUT2D eigenvalue weighted by Crippen LogP contribution is 2.10. The van der Waals surface area contributed by atoms with Gasteiger partial charge in [-0.05, 0) is 37.6 Å². The topological polar surface area (TPSA) is 83.4 Å². The van der Waals surface area contributed by atoms with Crippen LogP contribution in [0.5, 0.6) is 0 Å².